The minimum Gasteiger partial charge on any atom is -0.0984 e. The number of hydrogen-bond acceptors (Lipinski definition) is 0. The second-order valence-corrected chi connectivity index (χ2v) is 6.25. The van der Waals surface area contributed by atoms with Gasteiger partial charge in [-0.1, -0.05) is 73.4 Å². The average molecular weight is 312 g/mol. The molecule has 0 amide bonds. The molecule has 120 valence electrons. The molecule has 0 atom stereocenters. The van der Waals surface area contributed by atoms with E-state index in [0.717, 1.165) is 6.42 Å². The number of aryl methyl sites for hydroxylation is 1. The maximum Gasteiger partial charge on any atom is -0.0102 e. The van der Waals surface area contributed by atoms with Gasteiger partial charge in [0.1, 0.15) is 0 Å². The van der Waals surface area contributed by atoms with Crippen LogP contribution in [0, 0.1) is 6.92 Å². The van der Waals surface area contributed by atoms with Crippen molar-refractivity contribution in [2.75, 3.05) is 0 Å². The molecular weight excluding hydrogens is 288 g/mol. The highest BCUT2D eigenvalue weighted by molar-refractivity contribution is 6.00. The monoisotopic (exact) mass is 312 g/mol. The molecular formula is C24H24. The lowest BCUT2D eigenvalue weighted by atomic mass is 9.88. The van der Waals surface area contributed by atoms with Gasteiger partial charge < -0.3 is 0 Å². The highest BCUT2D eigenvalue weighted by Crippen LogP contribution is 2.37. The van der Waals surface area contributed by atoms with Gasteiger partial charge in [0.25, 0.3) is 0 Å². The Kier molecular flexibility index (Phi) is 4.66. The molecule has 0 saturated heterocycles. The lowest BCUT2D eigenvalue weighted by Gasteiger charge is -2.16. The Labute approximate surface area is 145 Å². The van der Waals surface area contributed by atoms with Crippen molar-refractivity contribution in [1.29, 1.82) is 0 Å². The van der Waals surface area contributed by atoms with Crippen molar-refractivity contribution in [2.45, 2.75) is 27.2 Å². The summed E-state index contributed by atoms with van der Waals surface area (Å²) in [5.41, 5.74) is 7.69. The fourth-order valence-electron chi connectivity index (χ4n) is 3.49. The number of rotatable bonds is 3. The van der Waals surface area contributed by atoms with E-state index in [1.54, 1.807) is 0 Å². The quantitative estimate of drug-likeness (QED) is 0.576. The van der Waals surface area contributed by atoms with Gasteiger partial charge in [0.15, 0.2) is 0 Å². The normalized spacial score (nSPS) is 15.5. The van der Waals surface area contributed by atoms with Gasteiger partial charge in [-0.3, -0.25) is 0 Å². The summed E-state index contributed by atoms with van der Waals surface area (Å²) in [5.74, 6) is 0. The van der Waals surface area contributed by atoms with Crippen molar-refractivity contribution in [3.05, 3.63) is 101 Å². The highest BCUT2D eigenvalue weighted by Gasteiger charge is 2.15. The number of fused-ring (bicyclic) bond motifs is 1. The molecule has 0 fully saturated rings. The van der Waals surface area contributed by atoms with E-state index in [1.165, 1.54) is 44.2 Å². The zero-order valence-corrected chi connectivity index (χ0v) is 14.8. The van der Waals surface area contributed by atoms with E-state index >= 15 is 0 Å². The standard InChI is InChI=1S/C24H24/c1-5-10-21-19(6-2)17(3)11-9-14-23(21)24-16-15-18(4)20-12-7-8-13-22(20)24/h5-8,10-16H,2,9H2,1,3-4H3/b10-5-. The minimum absolute atomic E-state index is 0.946. The predicted molar refractivity (Wildman–Crippen MR) is 107 cm³/mol. The largest absolute Gasteiger partial charge is 0.0984 e. The summed E-state index contributed by atoms with van der Waals surface area (Å²) in [5, 5.41) is 2.64. The molecule has 0 spiro atoms. The third kappa shape index (κ3) is 2.80. The third-order valence-corrected chi connectivity index (χ3v) is 4.72. The topological polar surface area (TPSA) is 0 Å². The fourth-order valence-corrected chi connectivity index (χ4v) is 3.49. The molecule has 1 aliphatic rings. The first kappa shape index (κ1) is 16.3. The Bertz CT molecular complexity index is 914. The Balaban J connectivity index is 2.33. The molecule has 0 nitrogen and oxygen atoms in total. The van der Waals surface area contributed by atoms with Gasteiger partial charge in [0, 0.05) is 0 Å². The zero-order valence-electron chi connectivity index (χ0n) is 14.8. The van der Waals surface area contributed by atoms with Crippen molar-refractivity contribution >= 4 is 16.3 Å². The van der Waals surface area contributed by atoms with Gasteiger partial charge >= 0.3 is 0 Å². The molecule has 0 bridgehead atoms. The van der Waals surface area contributed by atoms with Crippen LogP contribution >= 0.6 is 0 Å². The van der Waals surface area contributed by atoms with Crippen LogP contribution in [0.4, 0.5) is 0 Å². The van der Waals surface area contributed by atoms with Crippen LogP contribution in [0.1, 0.15) is 31.4 Å². The van der Waals surface area contributed by atoms with E-state index < -0.39 is 0 Å². The highest BCUT2D eigenvalue weighted by atomic mass is 14.2. The SMILES string of the molecule is C=CC1=C(/C=C\C)C(c2ccc(C)c3ccccc23)=CCC=C1C. The Morgan fingerprint density at radius 1 is 0.917 bits per heavy atom. The van der Waals surface area contributed by atoms with Crippen LogP contribution in [0.15, 0.2) is 90.1 Å². The average Bonchev–Trinajstić information content (AvgIpc) is 2.75. The van der Waals surface area contributed by atoms with Crippen molar-refractivity contribution in [3.8, 4) is 0 Å². The van der Waals surface area contributed by atoms with Gasteiger partial charge in [0.2, 0.25) is 0 Å². The molecule has 0 heterocycles. The van der Waals surface area contributed by atoms with Crippen LogP contribution in [0.25, 0.3) is 16.3 Å². The predicted octanol–water partition coefficient (Wildman–Crippen LogP) is 6.94. The first-order chi connectivity index (χ1) is 11.7. The molecule has 24 heavy (non-hydrogen) atoms. The summed E-state index contributed by atoms with van der Waals surface area (Å²) < 4.78 is 0. The van der Waals surface area contributed by atoms with Gasteiger partial charge in [-0.2, -0.15) is 0 Å². The van der Waals surface area contributed by atoms with Crippen LogP contribution in [0.3, 0.4) is 0 Å². The molecule has 0 saturated carbocycles. The second-order valence-electron chi connectivity index (χ2n) is 6.25. The molecule has 0 N–H and O–H groups in total. The maximum atomic E-state index is 4.05. The van der Waals surface area contributed by atoms with E-state index in [0.29, 0.717) is 0 Å². The van der Waals surface area contributed by atoms with E-state index in [2.05, 4.69) is 88.1 Å². The van der Waals surface area contributed by atoms with Gasteiger partial charge in [0.05, 0.1) is 0 Å². The van der Waals surface area contributed by atoms with Crippen molar-refractivity contribution in [1.82, 2.24) is 0 Å². The summed E-state index contributed by atoms with van der Waals surface area (Å²) in [6, 6.07) is 13.2. The van der Waals surface area contributed by atoms with Crippen LogP contribution in [0.2, 0.25) is 0 Å². The summed E-state index contributed by atoms with van der Waals surface area (Å²) in [7, 11) is 0. The fraction of sp³-hybridized carbons (Fsp3) is 0.167. The van der Waals surface area contributed by atoms with E-state index in [4.69, 9.17) is 0 Å². The first-order valence-electron chi connectivity index (χ1n) is 8.53. The number of benzene rings is 2. The first-order valence-corrected chi connectivity index (χ1v) is 8.53. The van der Waals surface area contributed by atoms with Crippen molar-refractivity contribution in [3.63, 3.8) is 0 Å². The molecule has 2 aromatic rings. The zero-order chi connectivity index (χ0) is 17.1. The summed E-state index contributed by atoms with van der Waals surface area (Å²) >= 11 is 0. The number of allylic oxidation sites excluding steroid dienone is 9. The van der Waals surface area contributed by atoms with Crippen LogP contribution in [-0.4, -0.2) is 0 Å². The van der Waals surface area contributed by atoms with E-state index in [9.17, 15) is 0 Å². The minimum atomic E-state index is 0.946. The van der Waals surface area contributed by atoms with Gasteiger partial charge in [-0.25, -0.2) is 0 Å². The van der Waals surface area contributed by atoms with Crippen LogP contribution < -0.4 is 0 Å². The lowest BCUT2D eigenvalue weighted by Crippen LogP contribution is -1.95. The Morgan fingerprint density at radius 2 is 1.67 bits per heavy atom. The lowest BCUT2D eigenvalue weighted by molar-refractivity contribution is 1.32. The molecule has 0 unspecified atom stereocenters. The van der Waals surface area contributed by atoms with Gasteiger partial charge in [-0.15, -0.1) is 0 Å². The van der Waals surface area contributed by atoms with Gasteiger partial charge in [-0.05, 0) is 71.4 Å². The molecule has 0 aromatic heterocycles. The number of hydrogen-bond donors (Lipinski definition) is 0. The third-order valence-electron chi connectivity index (χ3n) is 4.72. The molecule has 0 heteroatoms. The smallest absolute Gasteiger partial charge is 0.0102 e. The summed E-state index contributed by atoms with van der Waals surface area (Å²) in [6.45, 7) is 10.5. The summed E-state index contributed by atoms with van der Waals surface area (Å²) in [6.07, 6.45) is 11.9. The Morgan fingerprint density at radius 3 is 2.38 bits per heavy atom. The Hall–Kier alpha value is -2.60. The van der Waals surface area contributed by atoms with Crippen LogP contribution in [0.5, 0.6) is 0 Å². The molecule has 0 radical (unpaired) electrons. The van der Waals surface area contributed by atoms with Crippen molar-refractivity contribution < 1.29 is 0 Å². The van der Waals surface area contributed by atoms with E-state index in [1.807, 2.05) is 6.08 Å². The molecule has 1 aliphatic carbocycles. The second kappa shape index (κ2) is 6.88. The van der Waals surface area contributed by atoms with E-state index in [-0.39, 0.29) is 0 Å². The maximum absolute atomic E-state index is 4.05. The molecule has 2 aromatic carbocycles. The van der Waals surface area contributed by atoms with Crippen LogP contribution in [-0.2, 0) is 0 Å². The van der Waals surface area contributed by atoms with Crippen molar-refractivity contribution in [2.24, 2.45) is 0 Å². The summed E-state index contributed by atoms with van der Waals surface area (Å²) in [4.78, 5) is 0. The molecule has 0 aliphatic heterocycles. The molecule has 3 rings (SSSR count).